The molecule has 0 spiro atoms. The summed E-state index contributed by atoms with van der Waals surface area (Å²) in [4.78, 5) is 15.5. The van der Waals surface area contributed by atoms with Crippen LogP contribution in [0, 0.1) is 0 Å². The lowest BCUT2D eigenvalue weighted by Crippen LogP contribution is -2.36. The van der Waals surface area contributed by atoms with Gasteiger partial charge in [0.25, 0.3) is 0 Å². The first-order valence-electron chi connectivity index (χ1n) is 10.1. The summed E-state index contributed by atoms with van der Waals surface area (Å²) in [6, 6.07) is 9.58. The standard InChI is InChI=1S/C22H27N7O/c1-29-8-6-16(7-9-29)27-20-10-21(28-22-14-24-17(11-23)12-25-22)26-13-19(20)15-2-4-18(30)5-3-15/h2-5,10,12-14,16,30H,6-9,11,23H2,1H3,(H2,25,26,27,28). The smallest absolute Gasteiger partial charge is 0.150 e. The van der Waals surface area contributed by atoms with E-state index in [0.29, 0.717) is 24.2 Å². The van der Waals surface area contributed by atoms with Crippen LogP contribution < -0.4 is 16.4 Å². The monoisotopic (exact) mass is 405 g/mol. The van der Waals surface area contributed by atoms with E-state index in [9.17, 15) is 5.11 Å². The number of aromatic nitrogens is 3. The highest BCUT2D eigenvalue weighted by Crippen LogP contribution is 2.32. The minimum Gasteiger partial charge on any atom is -0.508 e. The van der Waals surface area contributed by atoms with Crippen LogP contribution in [0.15, 0.2) is 48.9 Å². The summed E-state index contributed by atoms with van der Waals surface area (Å²) in [7, 11) is 2.16. The normalized spacial score (nSPS) is 15.1. The second kappa shape index (κ2) is 9.06. The van der Waals surface area contributed by atoms with Gasteiger partial charge in [-0.05, 0) is 50.7 Å². The molecule has 4 rings (SSSR count). The van der Waals surface area contributed by atoms with Crippen LogP contribution in [0.3, 0.4) is 0 Å². The van der Waals surface area contributed by atoms with Crippen LogP contribution >= 0.6 is 0 Å². The number of rotatable bonds is 6. The maximum Gasteiger partial charge on any atom is 0.150 e. The van der Waals surface area contributed by atoms with Crippen LogP contribution in [0.4, 0.5) is 17.3 Å². The molecule has 156 valence electrons. The number of nitrogens with zero attached hydrogens (tertiary/aromatic N) is 4. The second-order valence-corrected chi connectivity index (χ2v) is 7.61. The number of likely N-dealkylation sites (tertiary alicyclic amines) is 1. The molecule has 3 aromatic rings. The minimum atomic E-state index is 0.245. The molecule has 2 aromatic heterocycles. The number of phenols is 1. The number of anilines is 3. The summed E-state index contributed by atoms with van der Waals surface area (Å²) >= 11 is 0. The van der Waals surface area contributed by atoms with Gasteiger partial charge in [0.1, 0.15) is 17.4 Å². The molecule has 0 atom stereocenters. The maximum absolute atomic E-state index is 9.64. The van der Waals surface area contributed by atoms with Gasteiger partial charge in [-0.3, -0.25) is 4.98 Å². The Morgan fingerprint density at radius 2 is 1.77 bits per heavy atom. The number of nitrogens with one attached hydrogen (secondary N) is 2. The Balaban J connectivity index is 1.61. The molecule has 30 heavy (non-hydrogen) atoms. The second-order valence-electron chi connectivity index (χ2n) is 7.61. The Kier molecular flexibility index (Phi) is 6.06. The number of nitrogens with two attached hydrogens (primary N) is 1. The van der Waals surface area contributed by atoms with Gasteiger partial charge in [0.2, 0.25) is 0 Å². The Hall–Kier alpha value is -3.23. The van der Waals surface area contributed by atoms with Crippen molar-refractivity contribution in [3.8, 4) is 16.9 Å². The van der Waals surface area contributed by atoms with Crippen molar-refractivity contribution in [2.75, 3.05) is 30.8 Å². The lowest BCUT2D eigenvalue weighted by atomic mass is 10.0. The first-order chi connectivity index (χ1) is 14.6. The molecule has 0 bridgehead atoms. The van der Waals surface area contributed by atoms with Crippen molar-refractivity contribution in [3.63, 3.8) is 0 Å². The van der Waals surface area contributed by atoms with Crippen LogP contribution in [-0.4, -0.2) is 51.1 Å². The van der Waals surface area contributed by atoms with Crippen molar-refractivity contribution >= 4 is 17.3 Å². The summed E-state index contributed by atoms with van der Waals surface area (Å²) in [5.74, 6) is 1.54. The molecule has 1 aromatic carbocycles. The van der Waals surface area contributed by atoms with E-state index in [1.807, 2.05) is 24.4 Å². The Morgan fingerprint density at radius 1 is 1.03 bits per heavy atom. The van der Waals surface area contributed by atoms with Crippen LogP contribution in [-0.2, 0) is 6.54 Å². The number of pyridine rings is 1. The van der Waals surface area contributed by atoms with Crippen molar-refractivity contribution in [1.82, 2.24) is 19.9 Å². The van der Waals surface area contributed by atoms with Crippen LogP contribution in [0.2, 0.25) is 0 Å². The van der Waals surface area contributed by atoms with Gasteiger partial charge in [0.15, 0.2) is 0 Å². The van der Waals surface area contributed by atoms with Gasteiger partial charge in [-0.2, -0.15) is 0 Å². The van der Waals surface area contributed by atoms with Crippen molar-refractivity contribution in [3.05, 3.63) is 54.6 Å². The van der Waals surface area contributed by atoms with E-state index in [4.69, 9.17) is 5.73 Å². The number of hydrogen-bond donors (Lipinski definition) is 4. The van der Waals surface area contributed by atoms with Gasteiger partial charge in [-0.25, -0.2) is 9.97 Å². The molecule has 8 heteroatoms. The van der Waals surface area contributed by atoms with E-state index < -0.39 is 0 Å². The molecule has 0 amide bonds. The lowest BCUT2D eigenvalue weighted by Gasteiger charge is -2.30. The summed E-state index contributed by atoms with van der Waals surface area (Å²) in [6.45, 7) is 2.51. The Morgan fingerprint density at radius 3 is 2.43 bits per heavy atom. The fourth-order valence-corrected chi connectivity index (χ4v) is 3.54. The minimum absolute atomic E-state index is 0.245. The molecule has 1 aliphatic rings. The highest BCUT2D eigenvalue weighted by Gasteiger charge is 2.18. The van der Waals surface area contributed by atoms with Gasteiger partial charge in [0, 0.05) is 36.1 Å². The van der Waals surface area contributed by atoms with Crippen LogP contribution in [0.5, 0.6) is 5.75 Å². The fourth-order valence-electron chi connectivity index (χ4n) is 3.54. The average molecular weight is 406 g/mol. The van der Waals surface area contributed by atoms with Crippen LogP contribution in [0.1, 0.15) is 18.5 Å². The predicted molar refractivity (Wildman–Crippen MR) is 119 cm³/mol. The molecule has 3 heterocycles. The molecule has 1 saturated heterocycles. The summed E-state index contributed by atoms with van der Waals surface area (Å²) in [5.41, 5.74) is 9.31. The first kappa shape index (κ1) is 20.1. The van der Waals surface area contributed by atoms with E-state index in [1.165, 1.54) is 0 Å². The summed E-state index contributed by atoms with van der Waals surface area (Å²) in [5, 5.41) is 16.6. The van der Waals surface area contributed by atoms with Crippen LogP contribution in [0.25, 0.3) is 11.1 Å². The molecular formula is C22H27N7O. The topological polar surface area (TPSA) is 112 Å². The molecule has 0 radical (unpaired) electrons. The largest absolute Gasteiger partial charge is 0.508 e. The van der Waals surface area contributed by atoms with Crippen molar-refractivity contribution < 1.29 is 5.11 Å². The van der Waals surface area contributed by atoms with Crippen molar-refractivity contribution in [2.24, 2.45) is 5.73 Å². The van der Waals surface area contributed by atoms with Gasteiger partial charge in [-0.15, -0.1) is 0 Å². The molecule has 1 aliphatic heterocycles. The SMILES string of the molecule is CN1CCC(Nc2cc(Nc3cnc(CN)cn3)ncc2-c2ccc(O)cc2)CC1. The van der Waals surface area contributed by atoms with Crippen molar-refractivity contribution in [2.45, 2.75) is 25.4 Å². The van der Waals surface area contributed by atoms with Crippen molar-refractivity contribution in [1.29, 1.82) is 0 Å². The third-order valence-electron chi connectivity index (χ3n) is 5.33. The zero-order chi connectivity index (χ0) is 20.9. The predicted octanol–water partition coefficient (Wildman–Crippen LogP) is 2.95. The molecule has 5 N–H and O–H groups in total. The molecular weight excluding hydrogens is 378 g/mol. The maximum atomic E-state index is 9.64. The highest BCUT2D eigenvalue weighted by molar-refractivity contribution is 5.80. The number of hydrogen-bond acceptors (Lipinski definition) is 8. The third kappa shape index (κ3) is 4.84. The molecule has 0 saturated carbocycles. The average Bonchev–Trinajstić information content (AvgIpc) is 2.77. The van der Waals surface area contributed by atoms with Gasteiger partial charge in [-0.1, -0.05) is 12.1 Å². The van der Waals surface area contributed by atoms with Gasteiger partial charge in [0.05, 0.1) is 18.1 Å². The number of benzene rings is 1. The number of aromatic hydroxyl groups is 1. The van der Waals surface area contributed by atoms with Gasteiger partial charge >= 0.3 is 0 Å². The van der Waals surface area contributed by atoms with E-state index >= 15 is 0 Å². The molecule has 1 fully saturated rings. The summed E-state index contributed by atoms with van der Waals surface area (Å²) < 4.78 is 0. The summed E-state index contributed by atoms with van der Waals surface area (Å²) in [6.07, 6.45) is 7.33. The van der Waals surface area contributed by atoms with E-state index in [1.54, 1.807) is 24.5 Å². The number of piperidine rings is 1. The first-order valence-corrected chi connectivity index (χ1v) is 10.1. The third-order valence-corrected chi connectivity index (χ3v) is 5.33. The molecule has 8 nitrogen and oxygen atoms in total. The molecule has 0 unspecified atom stereocenters. The van der Waals surface area contributed by atoms with E-state index in [2.05, 4.69) is 37.5 Å². The highest BCUT2D eigenvalue weighted by atomic mass is 16.3. The van der Waals surface area contributed by atoms with Gasteiger partial charge < -0.3 is 26.4 Å². The number of phenolic OH excluding ortho intramolecular Hbond substituents is 1. The Bertz CT molecular complexity index is 968. The Labute approximate surface area is 176 Å². The van der Waals surface area contributed by atoms with E-state index in [-0.39, 0.29) is 5.75 Å². The van der Waals surface area contributed by atoms with E-state index in [0.717, 1.165) is 48.4 Å². The quantitative estimate of drug-likeness (QED) is 0.495. The lowest BCUT2D eigenvalue weighted by molar-refractivity contribution is 0.264. The zero-order valence-corrected chi connectivity index (χ0v) is 17.0. The zero-order valence-electron chi connectivity index (χ0n) is 17.0. The fraction of sp³-hybridized carbons (Fsp3) is 0.318. The molecule has 0 aliphatic carbocycles.